The Morgan fingerprint density at radius 1 is 0.160 bits per heavy atom. The van der Waals surface area contributed by atoms with Crippen LogP contribution in [0.3, 0.4) is 0 Å². The van der Waals surface area contributed by atoms with Gasteiger partial charge in [0.15, 0.2) is 17.5 Å². The van der Waals surface area contributed by atoms with Gasteiger partial charge in [-0.05, 0) is 143 Å². The first-order valence-corrected chi connectivity index (χ1v) is 32.0. The van der Waals surface area contributed by atoms with Gasteiger partial charge in [-0.3, -0.25) is 0 Å². The van der Waals surface area contributed by atoms with Crippen LogP contribution in [0.4, 0.5) is 0 Å². The van der Waals surface area contributed by atoms with Crippen molar-refractivity contribution in [2.24, 2.45) is 0 Å². The maximum Gasteiger partial charge on any atom is 0.164 e. The van der Waals surface area contributed by atoms with Gasteiger partial charge in [0.25, 0.3) is 0 Å². The van der Waals surface area contributed by atoms with E-state index in [2.05, 4.69) is 352 Å². The molecule has 0 amide bonds. The second-order valence-electron chi connectivity index (χ2n) is 24.3. The van der Waals surface area contributed by atoms with E-state index in [0.29, 0.717) is 17.5 Å². The minimum atomic E-state index is 0.574. The average Bonchev–Trinajstić information content (AvgIpc) is 1.59. The smallest absolute Gasteiger partial charge is 0.164 e. The van der Waals surface area contributed by atoms with E-state index in [1.807, 2.05) is 0 Å². The summed E-state index contributed by atoms with van der Waals surface area (Å²) in [7, 11) is 0. The van der Waals surface area contributed by atoms with Crippen molar-refractivity contribution in [3.05, 3.63) is 334 Å². The summed E-state index contributed by atoms with van der Waals surface area (Å²) in [4.78, 5) is 16.4. The van der Waals surface area contributed by atoms with Gasteiger partial charge < -0.3 is 18.3 Å². The highest BCUT2D eigenvalue weighted by Gasteiger charge is 2.22. The Labute approximate surface area is 541 Å². The van der Waals surface area contributed by atoms with Crippen LogP contribution in [0.15, 0.2) is 334 Å². The van der Waals surface area contributed by atoms with E-state index in [1.54, 1.807) is 0 Å². The van der Waals surface area contributed by atoms with Crippen LogP contribution < -0.4 is 0 Å². The largest absolute Gasteiger partial charge is 0.309 e. The van der Waals surface area contributed by atoms with Crippen LogP contribution in [0.25, 0.3) is 178 Å². The number of rotatable bonds is 10. The van der Waals surface area contributed by atoms with Gasteiger partial charge in [-0.2, -0.15) is 0 Å². The molecule has 0 radical (unpaired) electrons. The molecule has 19 aromatic rings. The summed E-state index contributed by atoms with van der Waals surface area (Å²) in [5.41, 5.74) is 22.8. The molecular formula is C87H55N7. The zero-order valence-electron chi connectivity index (χ0n) is 50.9. The fraction of sp³-hybridized carbons (Fsp3) is 0. The minimum absolute atomic E-state index is 0.574. The molecule has 0 bridgehead atoms. The second kappa shape index (κ2) is 21.5. The Balaban J connectivity index is 0.752. The van der Waals surface area contributed by atoms with Crippen molar-refractivity contribution in [2.45, 2.75) is 0 Å². The van der Waals surface area contributed by atoms with Crippen LogP contribution in [0.2, 0.25) is 0 Å². The molecule has 7 nitrogen and oxygen atoms in total. The normalized spacial score (nSPS) is 11.8. The van der Waals surface area contributed by atoms with Gasteiger partial charge in [-0.1, -0.05) is 224 Å². The van der Waals surface area contributed by atoms with Crippen LogP contribution in [0.1, 0.15) is 0 Å². The Bertz CT molecular complexity index is 5890. The number of para-hydroxylation sites is 6. The lowest BCUT2D eigenvalue weighted by Gasteiger charge is -2.14. The van der Waals surface area contributed by atoms with E-state index in [4.69, 9.17) is 15.0 Å². The number of nitrogens with zero attached hydrogens (tertiary/aromatic N) is 7. The lowest BCUT2D eigenvalue weighted by molar-refractivity contribution is 1.07. The highest BCUT2D eigenvalue weighted by Crippen LogP contribution is 2.42. The predicted molar refractivity (Wildman–Crippen MR) is 390 cm³/mol. The molecule has 5 heterocycles. The molecule has 0 saturated carbocycles. The molecule has 94 heavy (non-hydrogen) atoms. The zero-order chi connectivity index (χ0) is 61.8. The predicted octanol–water partition coefficient (Wildman–Crippen LogP) is 22.3. The molecule has 5 aromatic heterocycles. The van der Waals surface area contributed by atoms with Crippen LogP contribution >= 0.6 is 0 Å². The van der Waals surface area contributed by atoms with Gasteiger partial charge in [0.1, 0.15) is 0 Å². The number of aromatic nitrogens is 7. The molecule has 0 aliphatic rings. The first-order chi connectivity index (χ1) is 46.6. The summed E-state index contributed by atoms with van der Waals surface area (Å²) in [6, 6.07) is 120. The molecule has 14 aromatic carbocycles. The van der Waals surface area contributed by atoms with E-state index in [1.165, 1.54) is 65.2 Å². The van der Waals surface area contributed by atoms with Crippen molar-refractivity contribution in [2.75, 3.05) is 0 Å². The third-order valence-corrected chi connectivity index (χ3v) is 19.0. The Hall–Kier alpha value is -12.7. The van der Waals surface area contributed by atoms with Crippen molar-refractivity contribution in [1.82, 2.24) is 33.2 Å². The van der Waals surface area contributed by atoms with E-state index >= 15 is 0 Å². The average molecular weight is 1200 g/mol. The van der Waals surface area contributed by atoms with Crippen molar-refractivity contribution in [3.63, 3.8) is 0 Å². The minimum Gasteiger partial charge on any atom is -0.309 e. The third-order valence-electron chi connectivity index (χ3n) is 19.0. The third kappa shape index (κ3) is 8.56. The van der Waals surface area contributed by atoms with Gasteiger partial charge in [0.2, 0.25) is 0 Å². The van der Waals surface area contributed by atoms with Gasteiger partial charge in [-0.25, -0.2) is 15.0 Å². The monoisotopic (exact) mass is 1200 g/mol. The molecule has 438 valence electrons. The number of hydrogen-bond acceptors (Lipinski definition) is 3. The van der Waals surface area contributed by atoms with E-state index in [0.717, 1.165) is 94.9 Å². The molecule has 0 aliphatic heterocycles. The van der Waals surface area contributed by atoms with E-state index in [9.17, 15) is 0 Å². The summed E-state index contributed by atoms with van der Waals surface area (Å²) < 4.78 is 9.54. The van der Waals surface area contributed by atoms with Crippen molar-refractivity contribution < 1.29 is 0 Å². The van der Waals surface area contributed by atoms with Crippen molar-refractivity contribution in [3.8, 4) is 90.3 Å². The SMILES string of the molecule is c1ccc(-c2ccccc2-c2nc(-c3cccc(-n4c5ccccc5c5ccc(-c6ccc7c(c6)c6ccccc6n7-c6ccccc6)cc54)c3)nc(-c3cccc(-n4c5ccccc5c5ccc(-c6ccc7c(c6)c6ccccc6n7-c6ccccc6)cc54)c3)n2)cc1. The van der Waals surface area contributed by atoms with Crippen molar-refractivity contribution in [1.29, 1.82) is 0 Å². The molecule has 0 atom stereocenters. The molecule has 0 N–H and O–H groups in total. The van der Waals surface area contributed by atoms with Gasteiger partial charge in [0.05, 0.1) is 44.1 Å². The summed E-state index contributed by atoms with van der Waals surface area (Å²) in [5.74, 6) is 1.74. The molecule has 0 unspecified atom stereocenters. The molecule has 7 heteroatoms. The van der Waals surface area contributed by atoms with Crippen LogP contribution in [-0.2, 0) is 0 Å². The fourth-order valence-electron chi connectivity index (χ4n) is 14.7. The summed E-state index contributed by atoms with van der Waals surface area (Å²) in [6.07, 6.45) is 0. The Kier molecular flexibility index (Phi) is 12.1. The molecule has 0 aliphatic carbocycles. The van der Waals surface area contributed by atoms with Gasteiger partial charge in [-0.15, -0.1) is 0 Å². The molecule has 0 saturated heterocycles. The first-order valence-electron chi connectivity index (χ1n) is 32.0. The Morgan fingerprint density at radius 2 is 0.468 bits per heavy atom. The van der Waals surface area contributed by atoms with Crippen LogP contribution in [-0.4, -0.2) is 33.2 Å². The molecule has 0 spiro atoms. The Morgan fingerprint density at radius 3 is 0.926 bits per heavy atom. The number of fused-ring (bicyclic) bond motifs is 12. The highest BCUT2D eigenvalue weighted by molar-refractivity contribution is 6.15. The topological polar surface area (TPSA) is 58.4 Å². The van der Waals surface area contributed by atoms with Gasteiger partial charge in [0, 0.05) is 82.5 Å². The molecule has 0 fully saturated rings. The molecular weight excluding hydrogens is 1140 g/mol. The highest BCUT2D eigenvalue weighted by atomic mass is 15.0. The lowest BCUT2D eigenvalue weighted by atomic mass is 9.99. The van der Waals surface area contributed by atoms with Crippen LogP contribution in [0.5, 0.6) is 0 Å². The summed E-state index contributed by atoms with van der Waals surface area (Å²) >= 11 is 0. The zero-order valence-corrected chi connectivity index (χ0v) is 50.9. The van der Waals surface area contributed by atoms with E-state index in [-0.39, 0.29) is 0 Å². The maximum atomic E-state index is 5.49. The quantitative estimate of drug-likeness (QED) is 0.137. The first kappa shape index (κ1) is 53.2. The summed E-state index contributed by atoms with van der Waals surface area (Å²) in [5, 5.41) is 9.61. The standard InChI is InChI=1S/C87H55N7/c1-4-22-56(23-5-1)67-32-10-11-37-74(67)87-89-85(61-24-20-30-65(50-61)93-77-38-16-12-33-68(77)72-46-42-59(54-83(72)93)57-44-48-81-75(52-57)70-35-14-18-40-79(70)91(81)63-26-6-2-7-27-63)88-86(90-87)62-25-21-31-66(51-62)94-78-39-17-13-34-69(78)73-47-43-60(55-84(73)94)58-45-49-82-76(53-58)71-36-15-19-41-80(71)92(82)64-28-8-3-9-29-64/h1-55H. The summed E-state index contributed by atoms with van der Waals surface area (Å²) in [6.45, 7) is 0. The second-order valence-corrected chi connectivity index (χ2v) is 24.3. The number of hydrogen-bond donors (Lipinski definition) is 0. The van der Waals surface area contributed by atoms with Crippen LogP contribution in [0, 0.1) is 0 Å². The maximum absolute atomic E-state index is 5.49. The lowest BCUT2D eigenvalue weighted by Crippen LogP contribution is -2.02. The van der Waals surface area contributed by atoms with E-state index < -0.39 is 0 Å². The molecule has 19 rings (SSSR count). The number of benzene rings is 14. The van der Waals surface area contributed by atoms with Gasteiger partial charge >= 0.3 is 0 Å². The fourth-order valence-corrected chi connectivity index (χ4v) is 14.7. The van der Waals surface area contributed by atoms with Crippen molar-refractivity contribution >= 4 is 87.2 Å².